The van der Waals surface area contributed by atoms with E-state index in [1.54, 1.807) is 6.92 Å². The molecule has 2 N–H and O–H groups in total. The van der Waals surface area contributed by atoms with Crippen molar-refractivity contribution in [3.63, 3.8) is 0 Å². The molecule has 0 unspecified atom stereocenters. The van der Waals surface area contributed by atoms with Crippen molar-refractivity contribution < 1.29 is 27.8 Å². The molecule has 0 aromatic heterocycles. The highest BCUT2D eigenvalue weighted by atomic mass is 19.4. The Balaban J connectivity index is 1.94. The predicted octanol–water partition coefficient (Wildman–Crippen LogP) is 2.40. The number of alkyl halides is 3. The van der Waals surface area contributed by atoms with Crippen LogP contribution < -0.4 is 5.32 Å². The zero-order chi connectivity index (χ0) is 17.0. The molecule has 1 aromatic rings. The molecule has 0 aliphatic carbocycles. The van der Waals surface area contributed by atoms with Crippen LogP contribution in [-0.4, -0.2) is 54.1 Å². The molecule has 2 rings (SSSR count). The monoisotopic (exact) mass is 332 g/mol. The number of nitrogens with one attached hydrogen (secondary N) is 1. The Bertz CT molecular complexity index is 534. The van der Waals surface area contributed by atoms with Gasteiger partial charge < -0.3 is 20.1 Å². The van der Waals surface area contributed by atoms with E-state index in [0.29, 0.717) is 12.2 Å². The maximum absolute atomic E-state index is 12.3. The summed E-state index contributed by atoms with van der Waals surface area (Å²) in [6.07, 6.45) is -5.88. The maximum atomic E-state index is 12.3. The Hall–Kier alpha value is -1.80. The number of amides is 2. The van der Waals surface area contributed by atoms with E-state index < -0.39 is 18.7 Å². The van der Waals surface area contributed by atoms with Crippen LogP contribution in [0.15, 0.2) is 24.3 Å². The fraction of sp³-hybridized carbons (Fsp3) is 0.533. The van der Waals surface area contributed by atoms with Gasteiger partial charge >= 0.3 is 12.2 Å². The predicted molar refractivity (Wildman–Crippen MR) is 78.2 cm³/mol. The molecule has 1 saturated heterocycles. The van der Waals surface area contributed by atoms with Gasteiger partial charge in [-0.05, 0) is 24.6 Å². The molecule has 1 fully saturated rings. The zero-order valence-electron chi connectivity index (χ0n) is 12.6. The number of aliphatic hydroxyl groups excluding tert-OH is 1. The van der Waals surface area contributed by atoms with Crippen LogP contribution in [0.25, 0.3) is 0 Å². The van der Waals surface area contributed by atoms with Crippen LogP contribution in [0.5, 0.6) is 0 Å². The van der Waals surface area contributed by atoms with E-state index in [1.165, 1.54) is 29.2 Å². The molecule has 5 nitrogen and oxygen atoms in total. The summed E-state index contributed by atoms with van der Waals surface area (Å²) in [5.41, 5.74) is 0.552. The van der Waals surface area contributed by atoms with Crippen molar-refractivity contribution in [2.75, 3.05) is 25.0 Å². The Morgan fingerprint density at radius 2 is 2.00 bits per heavy atom. The summed E-state index contributed by atoms with van der Waals surface area (Å²) in [6, 6.07) is 5.17. The quantitative estimate of drug-likeness (QED) is 0.893. The number of ether oxygens (including phenoxy) is 1. The minimum atomic E-state index is -4.26. The second kappa shape index (κ2) is 7.18. The summed E-state index contributed by atoms with van der Waals surface area (Å²) < 4.78 is 42.3. The molecule has 0 saturated carbocycles. The molecule has 0 bridgehead atoms. The van der Waals surface area contributed by atoms with Crippen LogP contribution in [-0.2, 0) is 11.2 Å². The number of halogens is 3. The molecular weight excluding hydrogens is 313 g/mol. The highest BCUT2D eigenvalue weighted by molar-refractivity contribution is 5.89. The molecule has 0 radical (unpaired) electrons. The second-order valence-electron chi connectivity index (χ2n) is 5.58. The molecule has 1 heterocycles. The van der Waals surface area contributed by atoms with Gasteiger partial charge in [-0.25, -0.2) is 4.79 Å². The smallest absolute Gasteiger partial charge is 0.393 e. The Kier molecular flexibility index (Phi) is 5.48. The van der Waals surface area contributed by atoms with Crippen LogP contribution in [0, 0.1) is 0 Å². The van der Waals surface area contributed by atoms with E-state index in [4.69, 9.17) is 9.84 Å². The Morgan fingerprint density at radius 1 is 1.35 bits per heavy atom. The van der Waals surface area contributed by atoms with Crippen LogP contribution in [0.2, 0.25) is 0 Å². The first kappa shape index (κ1) is 17.6. The number of aliphatic hydroxyl groups is 1. The van der Waals surface area contributed by atoms with E-state index in [2.05, 4.69) is 5.32 Å². The van der Waals surface area contributed by atoms with Gasteiger partial charge in [0.15, 0.2) is 0 Å². The minimum Gasteiger partial charge on any atom is -0.394 e. The number of nitrogens with zero attached hydrogens (tertiary/aromatic N) is 1. The van der Waals surface area contributed by atoms with Crippen LogP contribution in [0.4, 0.5) is 23.7 Å². The van der Waals surface area contributed by atoms with Gasteiger partial charge in [-0.15, -0.1) is 0 Å². The third-order valence-corrected chi connectivity index (χ3v) is 3.43. The number of hydrogen-bond donors (Lipinski definition) is 2. The first-order valence-corrected chi connectivity index (χ1v) is 7.25. The van der Waals surface area contributed by atoms with Gasteiger partial charge in [0.25, 0.3) is 0 Å². The van der Waals surface area contributed by atoms with Gasteiger partial charge in [-0.1, -0.05) is 12.1 Å². The number of anilines is 1. The molecule has 2 amide bonds. The second-order valence-corrected chi connectivity index (χ2v) is 5.58. The lowest BCUT2D eigenvalue weighted by Crippen LogP contribution is -2.51. The maximum Gasteiger partial charge on any atom is 0.393 e. The van der Waals surface area contributed by atoms with Gasteiger partial charge in [-0.3, -0.25) is 0 Å². The van der Waals surface area contributed by atoms with Crippen molar-refractivity contribution in [3.05, 3.63) is 29.8 Å². The summed E-state index contributed by atoms with van der Waals surface area (Å²) in [7, 11) is 0. The van der Waals surface area contributed by atoms with Crippen LogP contribution in [0.3, 0.4) is 0 Å². The van der Waals surface area contributed by atoms with Crippen molar-refractivity contribution in [2.45, 2.75) is 31.7 Å². The van der Waals surface area contributed by atoms with Gasteiger partial charge in [0.1, 0.15) is 0 Å². The number of carbonyl (C=O) groups is 1. The Morgan fingerprint density at radius 3 is 2.57 bits per heavy atom. The third kappa shape index (κ3) is 5.40. The first-order valence-electron chi connectivity index (χ1n) is 7.25. The van der Waals surface area contributed by atoms with Gasteiger partial charge in [0.05, 0.1) is 31.8 Å². The number of hydrogen-bond acceptors (Lipinski definition) is 3. The van der Waals surface area contributed by atoms with E-state index >= 15 is 0 Å². The summed E-state index contributed by atoms with van der Waals surface area (Å²) in [5, 5.41) is 11.8. The van der Waals surface area contributed by atoms with Gasteiger partial charge in [0.2, 0.25) is 0 Å². The summed E-state index contributed by atoms with van der Waals surface area (Å²) >= 11 is 0. The minimum absolute atomic E-state index is 0.135. The van der Waals surface area contributed by atoms with Crippen molar-refractivity contribution in [2.24, 2.45) is 0 Å². The van der Waals surface area contributed by atoms with E-state index in [9.17, 15) is 18.0 Å². The van der Waals surface area contributed by atoms with Crippen LogP contribution >= 0.6 is 0 Å². The first-order chi connectivity index (χ1) is 10.8. The number of urea groups is 1. The molecule has 1 aliphatic rings. The molecule has 23 heavy (non-hydrogen) atoms. The summed E-state index contributed by atoms with van der Waals surface area (Å²) in [6.45, 7) is 2.27. The molecule has 1 aromatic carbocycles. The van der Waals surface area contributed by atoms with Crippen molar-refractivity contribution in [3.8, 4) is 0 Å². The molecule has 2 atom stereocenters. The van der Waals surface area contributed by atoms with Crippen molar-refractivity contribution in [1.29, 1.82) is 0 Å². The van der Waals surface area contributed by atoms with Gasteiger partial charge in [0, 0.05) is 12.2 Å². The number of carbonyl (C=O) groups excluding carboxylic acids is 1. The largest absolute Gasteiger partial charge is 0.394 e. The molecule has 128 valence electrons. The standard InChI is InChI=1S/C15H19F3N2O3/c1-10-7-20(8-13(9-21)23-10)14(22)19-12-4-2-11(3-5-12)6-15(16,17)18/h2-5,10,13,21H,6-9H2,1H3,(H,19,22)/t10-,13-/m1/s1. The van der Waals surface area contributed by atoms with Crippen LogP contribution in [0.1, 0.15) is 12.5 Å². The lowest BCUT2D eigenvalue weighted by molar-refractivity contribution is -0.127. The molecule has 0 spiro atoms. The van der Waals surface area contributed by atoms with Gasteiger partial charge in [-0.2, -0.15) is 13.2 Å². The van der Waals surface area contributed by atoms with E-state index in [-0.39, 0.29) is 30.9 Å². The highest BCUT2D eigenvalue weighted by Crippen LogP contribution is 2.22. The highest BCUT2D eigenvalue weighted by Gasteiger charge is 2.29. The topological polar surface area (TPSA) is 61.8 Å². The number of rotatable bonds is 3. The summed E-state index contributed by atoms with van der Waals surface area (Å²) in [5.74, 6) is 0. The fourth-order valence-electron chi connectivity index (χ4n) is 2.45. The lowest BCUT2D eigenvalue weighted by atomic mass is 10.1. The molecule has 8 heteroatoms. The average Bonchev–Trinajstić information content (AvgIpc) is 2.47. The Labute approximate surface area is 132 Å². The third-order valence-electron chi connectivity index (χ3n) is 3.43. The van der Waals surface area contributed by atoms with E-state index in [0.717, 1.165) is 0 Å². The zero-order valence-corrected chi connectivity index (χ0v) is 12.6. The normalized spacial score (nSPS) is 22.0. The summed E-state index contributed by atoms with van der Waals surface area (Å²) in [4.78, 5) is 13.7. The fourth-order valence-corrected chi connectivity index (χ4v) is 2.45. The van der Waals surface area contributed by atoms with E-state index in [1.807, 2.05) is 0 Å². The van der Waals surface area contributed by atoms with Crippen molar-refractivity contribution >= 4 is 11.7 Å². The lowest BCUT2D eigenvalue weighted by Gasteiger charge is -2.36. The number of morpholine rings is 1. The molecular formula is C15H19F3N2O3. The van der Waals surface area contributed by atoms with Crippen molar-refractivity contribution in [1.82, 2.24) is 4.90 Å². The SMILES string of the molecule is C[C@@H]1CN(C(=O)Nc2ccc(CC(F)(F)F)cc2)C[C@H](CO)O1. The molecule has 1 aliphatic heterocycles. The number of benzene rings is 1. The average molecular weight is 332 g/mol.